The lowest BCUT2D eigenvalue weighted by atomic mass is 10.2. The van der Waals surface area contributed by atoms with E-state index >= 15 is 0 Å². The van der Waals surface area contributed by atoms with E-state index < -0.39 is 0 Å². The molecule has 0 aliphatic carbocycles. The van der Waals surface area contributed by atoms with Crippen LogP contribution in [-0.4, -0.2) is 20.9 Å². The number of aromatic nitrogens is 3. The van der Waals surface area contributed by atoms with Crippen LogP contribution in [0.4, 0.5) is 16.6 Å². The van der Waals surface area contributed by atoms with E-state index in [2.05, 4.69) is 25.6 Å². The van der Waals surface area contributed by atoms with Crippen molar-refractivity contribution in [1.82, 2.24) is 15.0 Å². The number of nitrogens with zero attached hydrogens (tertiary/aromatic N) is 3. The highest BCUT2D eigenvalue weighted by molar-refractivity contribution is 7.13. The van der Waals surface area contributed by atoms with E-state index in [9.17, 15) is 4.79 Å². The van der Waals surface area contributed by atoms with Crippen LogP contribution in [0.5, 0.6) is 0 Å². The summed E-state index contributed by atoms with van der Waals surface area (Å²) in [6.45, 7) is 1.94. The Morgan fingerprint density at radius 3 is 2.93 bits per heavy atom. The zero-order valence-electron chi connectivity index (χ0n) is 14.6. The summed E-state index contributed by atoms with van der Waals surface area (Å²) in [5, 5.41) is 9.66. The number of carbonyl (C=O) groups excluding carboxylic acids is 1. The lowest BCUT2D eigenvalue weighted by Gasteiger charge is -2.05. The van der Waals surface area contributed by atoms with Crippen molar-refractivity contribution in [3.8, 4) is 0 Å². The lowest BCUT2D eigenvalue weighted by molar-refractivity contribution is -0.115. The normalized spacial score (nSPS) is 10.7. The SMILES string of the molecule is Cc1cccc(Nc2nc(CC(=O)Nc3ccc4ncccc4c3)cs2)n1. The van der Waals surface area contributed by atoms with Gasteiger partial charge in [-0.3, -0.25) is 9.78 Å². The number of nitrogens with one attached hydrogen (secondary N) is 2. The smallest absolute Gasteiger partial charge is 0.230 e. The molecule has 0 aliphatic rings. The molecule has 4 aromatic rings. The van der Waals surface area contributed by atoms with E-state index in [1.165, 1.54) is 11.3 Å². The Kier molecular flexibility index (Phi) is 4.76. The van der Waals surface area contributed by atoms with Crippen LogP contribution in [0, 0.1) is 6.92 Å². The quantitative estimate of drug-likeness (QED) is 0.543. The van der Waals surface area contributed by atoms with Crippen LogP contribution < -0.4 is 10.6 Å². The number of aryl methyl sites for hydroxylation is 1. The molecule has 0 radical (unpaired) electrons. The fourth-order valence-electron chi connectivity index (χ4n) is 2.69. The van der Waals surface area contributed by atoms with Gasteiger partial charge in [-0.25, -0.2) is 9.97 Å². The molecule has 0 saturated heterocycles. The topological polar surface area (TPSA) is 79.8 Å². The van der Waals surface area contributed by atoms with Crippen LogP contribution in [0.15, 0.2) is 60.1 Å². The van der Waals surface area contributed by atoms with E-state index in [4.69, 9.17) is 0 Å². The van der Waals surface area contributed by atoms with Crippen molar-refractivity contribution < 1.29 is 4.79 Å². The largest absolute Gasteiger partial charge is 0.326 e. The number of carbonyl (C=O) groups is 1. The van der Waals surface area contributed by atoms with E-state index in [-0.39, 0.29) is 12.3 Å². The Labute approximate surface area is 160 Å². The molecule has 7 heteroatoms. The van der Waals surface area contributed by atoms with Gasteiger partial charge in [-0.05, 0) is 43.3 Å². The molecular formula is C20H17N5OS. The molecule has 6 nitrogen and oxygen atoms in total. The Morgan fingerprint density at radius 2 is 2.04 bits per heavy atom. The minimum Gasteiger partial charge on any atom is -0.326 e. The van der Waals surface area contributed by atoms with Crippen molar-refractivity contribution >= 4 is 44.8 Å². The number of hydrogen-bond acceptors (Lipinski definition) is 6. The van der Waals surface area contributed by atoms with Crippen LogP contribution in [0.2, 0.25) is 0 Å². The van der Waals surface area contributed by atoms with E-state index in [1.54, 1.807) is 6.20 Å². The molecule has 0 atom stereocenters. The van der Waals surface area contributed by atoms with Gasteiger partial charge in [0.2, 0.25) is 5.91 Å². The van der Waals surface area contributed by atoms with Crippen LogP contribution in [-0.2, 0) is 11.2 Å². The highest BCUT2D eigenvalue weighted by Crippen LogP contribution is 2.21. The number of pyridine rings is 2. The molecule has 2 N–H and O–H groups in total. The molecule has 0 aliphatic heterocycles. The fraction of sp³-hybridized carbons (Fsp3) is 0.100. The number of hydrogen-bond donors (Lipinski definition) is 2. The van der Waals surface area contributed by atoms with E-state index in [0.717, 1.165) is 33.8 Å². The van der Waals surface area contributed by atoms with Gasteiger partial charge in [0.25, 0.3) is 0 Å². The van der Waals surface area contributed by atoms with Crippen molar-refractivity contribution in [2.75, 3.05) is 10.6 Å². The van der Waals surface area contributed by atoms with Crippen molar-refractivity contribution in [2.24, 2.45) is 0 Å². The van der Waals surface area contributed by atoms with Gasteiger partial charge in [-0.1, -0.05) is 12.1 Å². The highest BCUT2D eigenvalue weighted by Gasteiger charge is 2.09. The Morgan fingerprint density at radius 1 is 1.11 bits per heavy atom. The molecule has 3 heterocycles. The summed E-state index contributed by atoms with van der Waals surface area (Å²) < 4.78 is 0. The monoisotopic (exact) mass is 375 g/mol. The number of fused-ring (bicyclic) bond motifs is 1. The van der Waals surface area contributed by atoms with Gasteiger partial charge in [0.1, 0.15) is 5.82 Å². The maximum atomic E-state index is 12.3. The van der Waals surface area contributed by atoms with Crippen molar-refractivity contribution in [1.29, 1.82) is 0 Å². The number of anilines is 3. The Hall–Kier alpha value is -3.32. The minimum atomic E-state index is -0.108. The third kappa shape index (κ3) is 4.27. The van der Waals surface area contributed by atoms with Crippen molar-refractivity contribution in [3.63, 3.8) is 0 Å². The zero-order chi connectivity index (χ0) is 18.6. The van der Waals surface area contributed by atoms with E-state index in [0.29, 0.717) is 5.13 Å². The Bertz CT molecular complexity index is 1110. The molecule has 1 aromatic carbocycles. The molecule has 134 valence electrons. The van der Waals surface area contributed by atoms with Gasteiger partial charge in [-0.15, -0.1) is 11.3 Å². The zero-order valence-corrected chi connectivity index (χ0v) is 15.5. The number of amides is 1. The van der Waals surface area contributed by atoms with Crippen LogP contribution in [0.3, 0.4) is 0 Å². The molecule has 0 spiro atoms. The molecule has 1 amide bonds. The average Bonchev–Trinajstić information content (AvgIpc) is 3.08. The minimum absolute atomic E-state index is 0.108. The molecule has 0 fully saturated rings. The first kappa shape index (κ1) is 17.1. The lowest BCUT2D eigenvalue weighted by Crippen LogP contribution is -2.14. The van der Waals surface area contributed by atoms with Gasteiger partial charge in [0.05, 0.1) is 17.6 Å². The van der Waals surface area contributed by atoms with Crippen molar-refractivity contribution in [2.45, 2.75) is 13.3 Å². The first-order chi connectivity index (χ1) is 13.2. The first-order valence-electron chi connectivity index (χ1n) is 8.45. The van der Waals surface area contributed by atoms with Gasteiger partial charge in [-0.2, -0.15) is 0 Å². The summed E-state index contributed by atoms with van der Waals surface area (Å²) in [4.78, 5) is 25.5. The average molecular weight is 375 g/mol. The highest BCUT2D eigenvalue weighted by atomic mass is 32.1. The van der Waals surface area contributed by atoms with Crippen LogP contribution in [0.1, 0.15) is 11.4 Å². The van der Waals surface area contributed by atoms with Gasteiger partial charge in [0, 0.05) is 28.3 Å². The summed E-state index contributed by atoms with van der Waals surface area (Å²) in [6, 6.07) is 15.3. The number of rotatable bonds is 5. The molecule has 0 unspecified atom stereocenters. The summed E-state index contributed by atoms with van der Waals surface area (Å²) in [6.07, 6.45) is 1.96. The standard InChI is InChI=1S/C20H17N5OS/c1-13-4-2-6-18(22-13)25-20-24-16(12-27-20)11-19(26)23-15-7-8-17-14(10-15)5-3-9-21-17/h2-10,12H,11H2,1H3,(H,23,26)(H,22,24,25). The van der Waals surface area contributed by atoms with E-state index in [1.807, 2.05) is 60.8 Å². The van der Waals surface area contributed by atoms with Gasteiger partial charge in [0.15, 0.2) is 5.13 Å². The summed E-state index contributed by atoms with van der Waals surface area (Å²) in [5.41, 5.74) is 3.30. The first-order valence-corrected chi connectivity index (χ1v) is 9.33. The van der Waals surface area contributed by atoms with Gasteiger partial charge >= 0.3 is 0 Å². The maximum Gasteiger partial charge on any atom is 0.230 e. The third-order valence-electron chi connectivity index (χ3n) is 3.90. The van der Waals surface area contributed by atoms with Gasteiger partial charge < -0.3 is 10.6 Å². The molecule has 3 aromatic heterocycles. The second-order valence-corrected chi connectivity index (χ2v) is 6.93. The second-order valence-electron chi connectivity index (χ2n) is 6.07. The number of benzene rings is 1. The second kappa shape index (κ2) is 7.51. The maximum absolute atomic E-state index is 12.3. The van der Waals surface area contributed by atoms with Crippen molar-refractivity contribution in [3.05, 3.63) is 71.5 Å². The van der Waals surface area contributed by atoms with Crippen LogP contribution in [0.25, 0.3) is 10.9 Å². The fourth-order valence-corrected chi connectivity index (χ4v) is 3.41. The summed E-state index contributed by atoms with van der Waals surface area (Å²) in [7, 11) is 0. The number of thiazole rings is 1. The molecular weight excluding hydrogens is 358 g/mol. The molecule has 4 rings (SSSR count). The third-order valence-corrected chi connectivity index (χ3v) is 4.71. The Balaban J connectivity index is 1.40. The molecule has 27 heavy (non-hydrogen) atoms. The predicted molar refractivity (Wildman–Crippen MR) is 108 cm³/mol. The molecule has 0 bridgehead atoms. The van der Waals surface area contributed by atoms with Crippen LogP contribution >= 0.6 is 11.3 Å². The molecule has 0 saturated carbocycles. The summed E-state index contributed by atoms with van der Waals surface area (Å²) >= 11 is 1.45. The predicted octanol–water partition coefficient (Wildman–Crippen LogP) is 4.32. The summed E-state index contributed by atoms with van der Waals surface area (Å²) in [5.74, 6) is 0.633.